The molecular formula is C17H23N3. The molecule has 20 heavy (non-hydrogen) atoms. The molecule has 2 atom stereocenters. The summed E-state index contributed by atoms with van der Waals surface area (Å²) in [6.45, 7) is 5.48. The summed E-state index contributed by atoms with van der Waals surface area (Å²) in [5.74, 6) is 0.674. The minimum Gasteiger partial charge on any atom is -0.317 e. The summed E-state index contributed by atoms with van der Waals surface area (Å²) < 4.78 is 0. The summed E-state index contributed by atoms with van der Waals surface area (Å²) in [5, 5.41) is 4.75. The van der Waals surface area contributed by atoms with Gasteiger partial charge in [-0.2, -0.15) is 0 Å². The van der Waals surface area contributed by atoms with E-state index in [2.05, 4.69) is 53.4 Å². The zero-order valence-electron chi connectivity index (χ0n) is 12.3. The molecule has 2 unspecified atom stereocenters. The van der Waals surface area contributed by atoms with Gasteiger partial charge in [0.05, 0.1) is 5.52 Å². The molecule has 1 aromatic carbocycles. The second-order valence-corrected chi connectivity index (χ2v) is 5.70. The van der Waals surface area contributed by atoms with Gasteiger partial charge in [-0.1, -0.05) is 31.2 Å². The molecule has 1 aliphatic heterocycles. The van der Waals surface area contributed by atoms with E-state index in [-0.39, 0.29) is 0 Å². The van der Waals surface area contributed by atoms with E-state index < -0.39 is 0 Å². The molecule has 3 nitrogen and oxygen atoms in total. The van der Waals surface area contributed by atoms with Crippen LogP contribution < -0.4 is 5.32 Å². The van der Waals surface area contributed by atoms with Crippen LogP contribution in [0.15, 0.2) is 36.5 Å². The summed E-state index contributed by atoms with van der Waals surface area (Å²) >= 11 is 0. The number of para-hydroxylation sites is 1. The Bertz CT molecular complexity index is 576. The van der Waals surface area contributed by atoms with E-state index in [1.54, 1.807) is 0 Å². The average molecular weight is 269 g/mol. The number of pyridine rings is 1. The number of hydrogen-bond donors (Lipinski definition) is 1. The Hall–Kier alpha value is -1.45. The van der Waals surface area contributed by atoms with E-state index in [4.69, 9.17) is 0 Å². The van der Waals surface area contributed by atoms with Crippen LogP contribution in [0.25, 0.3) is 10.9 Å². The molecule has 1 fully saturated rings. The van der Waals surface area contributed by atoms with Crippen molar-refractivity contribution in [2.24, 2.45) is 5.92 Å². The van der Waals surface area contributed by atoms with Crippen LogP contribution in [0, 0.1) is 5.92 Å². The number of benzene rings is 1. The van der Waals surface area contributed by atoms with Crippen LogP contribution in [0.4, 0.5) is 0 Å². The van der Waals surface area contributed by atoms with Gasteiger partial charge in [0.2, 0.25) is 0 Å². The highest BCUT2D eigenvalue weighted by Gasteiger charge is 2.33. The predicted octanol–water partition coefficient (Wildman–Crippen LogP) is 2.84. The van der Waals surface area contributed by atoms with Crippen molar-refractivity contribution >= 4 is 10.9 Å². The minimum absolute atomic E-state index is 0.479. The summed E-state index contributed by atoms with van der Waals surface area (Å²) in [7, 11) is 2.23. The van der Waals surface area contributed by atoms with Crippen molar-refractivity contribution in [3.63, 3.8) is 0 Å². The molecule has 1 aliphatic rings. The number of fused-ring (bicyclic) bond motifs is 1. The van der Waals surface area contributed by atoms with Crippen LogP contribution >= 0.6 is 0 Å². The summed E-state index contributed by atoms with van der Waals surface area (Å²) in [6, 6.07) is 11.2. The third-order valence-corrected chi connectivity index (χ3v) is 4.41. The first-order chi connectivity index (χ1) is 9.81. The summed E-state index contributed by atoms with van der Waals surface area (Å²) in [5.41, 5.74) is 2.54. The molecule has 1 saturated heterocycles. The van der Waals surface area contributed by atoms with Crippen molar-refractivity contribution in [2.45, 2.75) is 19.4 Å². The van der Waals surface area contributed by atoms with Gasteiger partial charge >= 0.3 is 0 Å². The Labute approximate surface area is 121 Å². The Balaban J connectivity index is 1.99. The smallest absolute Gasteiger partial charge is 0.0749 e. The fourth-order valence-electron chi connectivity index (χ4n) is 3.43. The topological polar surface area (TPSA) is 28.2 Å². The molecule has 106 valence electrons. The fourth-order valence-corrected chi connectivity index (χ4v) is 3.43. The molecule has 0 saturated carbocycles. The molecule has 1 N–H and O–H groups in total. The van der Waals surface area contributed by atoms with E-state index in [9.17, 15) is 0 Å². The van der Waals surface area contributed by atoms with Crippen LogP contribution in [-0.4, -0.2) is 36.6 Å². The van der Waals surface area contributed by atoms with Crippen molar-refractivity contribution in [1.82, 2.24) is 15.2 Å². The van der Waals surface area contributed by atoms with E-state index >= 15 is 0 Å². The molecule has 0 bridgehead atoms. The van der Waals surface area contributed by atoms with Crippen molar-refractivity contribution in [2.75, 3.05) is 26.7 Å². The van der Waals surface area contributed by atoms with Gasteiger partial charge < -0.3 is 5.32 Å². The van der Waals surface area contributed by atoms with Crippen molar-refractivity contribution in [1.29, 1.82) is 0 Å². The maximum atomic E-state index is 4.63. The molecule has 2 aromatic rings. The van der Waals surface area contributed by atoms with Gasteiger partial charge in [-0.25, -0.2) is 0 Å². The highest BCUT2D eigenvalue weighted by atomic mass is 15.2. The molecule has 2 heterocycles. The van der Waals surface area contributed by atoms with Crippen molar-refractivity contribution < 1.29 is 0 Å². The van der Waals surface area contributed by atoms with Gasteiger partial charge in [-0.3, -0.25) is 9.88 Å². The summed E-state index contributed by atoms with van der Waals surface area (Å²) in [4.78, 5) is 7.11. The monoisotopic (exact) mass is 269 g/mol. The predicted molar refractivity (Wildman–Crippen MR) is 83.8 cm³/mol. The first-order valence-electron chi connectivity index (χ1n) is 7.56. The first kappa shape index (κ1) is 13.5. The Morgan fingerprint density at radius 2 is 2.15 bits per heavy atom. The maximum absolute atomic E-state index is 4.63. The molecule has 0 spiro atoms. The lowest BCUT2D eigenvalue weighted by molar-refractivity contribution is 0.274. The first-order valence-corrected chi connectivity index (χ1v) is 7.56. The lowest BCUT2D eigenvalue weighted by Crippen LogP contribution is -2.28. The van der Waals surface area contributed by atoms with Gasteiger partial charge in [-0.05, 0) is 50.7 Å². The SMILES string of the molecule is CCNCC1CCN(C)C1c1cccc2cccnc12. The normalized spacial score (nSPS) is 23.5. The van der Waals surface area contributed by atoms with Crippen LogP contribution in [0.3, 0.4) is 0 Å². The van der Waals surface area contributed by atoms with Crippen molar-refractivity contribution in [3.05, 3.63) is 42.1 Å². The molecule has 3 heteroatoms. The lowest BCUT2D eigenvalue weighted by atomic mass is 9.92. The lowest BCUT2D eigenvalue weighted by Gasteiger charge is -2.26. The van der Waals surface area contributed by atoms with E-state index in [1.807, 2.05) is 12.3 Å². The van der Waals surface area contributed by atoms with Gasteiger partial charge in [0.15, 0.2) is 0 Å². The highest BCUT2D eigenvalue weighted by Crippen LogP contribution is 2.38. The molecular weight excluding hydrogens is 246 g/mol. The minimum atomic E-state index is 0.479. The Morgan fingerprint density at radius 1 is 1.30 bits per heavy atom. The second kappa shape index (κ2) is 5.90. The van der Waals surface area contributed by atoms with Crippen LogP contribution in [-0.2, 0) is 0 Å². The molecule has 3 rings (SSSR count). The largest absolute Gasteiger partial charge is 0.317 e. The molecule has 0 radical (unpaired) electrons. The van der Waals surface area contributed by atoms with Gasteiger partial charge in [0, 0.05) is 17.6 Å². The Kier molecular flexibility index (Phi) is 3.99. The number of rotatable bonds is 4. The quantitative estimate of drug-likeness (QED) is 0.925. The Morgan fingerprint density at radius 3 is 3.00 bits per heavy atom. The third-order valence-electron chi connectivity index (χ3n) is 4.41. The molecule has 0 amide bonds. The number of likely N-dealkylation sites (tertiary alicyclic amines) is 1. The average Bonchev–Trinajstić information content (AvgIpc) is 2.85. The number of nitrogens with zero attached hydrogens (tertiary/aromatic N) is 2. The molecule has 1 aromatic heterocycles. The maximum Gasteiger partial charge on any atom is 0.0749 e. The number of hydrogen-bond acceptors (Lipinski definition) is 3. The van der Waals surface area contributed by atoms with Gasteiger partial charge in [-0.15, -0.1) is 0 Å². The van der Waals surface area contributed by atoms with Gasteiger partial charge in [0.1, 0.15) is 0 Å². The van der Waals surface area contributed by atoms with Gasteiger partial charge in [0.25, 0.3) is 0 Å². The van der Waals surface area contributed by atoms with Crippen molar-refractivity contribution in [3.8, 4) is 0 Å². The standard InChI is InChI=1S/C17H23N3/c1-3-18-12-14-9-11-20(2)17(14)15-8-4-6-13-7-5-10-19-16(13)15/h4-8,10,14,17-18H,3,9,11-12H2,1-2H3. The summed E-state index contributed by atoms with van der Waals surface area (Å²) in [6.07, 6.45) is 3.16. The zero-order valence-corrected chi connectivity index (χ0v) is 12.3. The second-order valence-electron chi connectivity index (χ2n) is 5.70. The molecule has 0 aliphatic carbocycles. The number of nitrogens with one attached hydrogen (secondary N) is 1. The van der Waals surface area contributed by atoms with Crippen LogP contribution in [0.2, 0.25) is 0 Å². The third kappa shape index (κ3) is 2.43. The van der Waals surface area contributed by atoms with E-state index in [0.29, 0.717) is 12.0 Å². The van der Waals surface area contributed by atoms with Crippen LogP contribution in [0.5, 0.6) is 0 Å². The zero-order chi connectivity index (χ0) is 13.9. The van der Waals surface area contributed by atoms with E-state index in [0.717, 1.165) is 18.6 Å². The highest BCUT2D eigenvalue weighted by molar-refractivity contribution is 5.82. The fraction of sp³-hybridized carbons (Fsp3) is 0.471. The van der Waals surface area contributed by atoms with E-state index in [1.165, 1.54) is 23.9 Å². The van der Waals surface area contributed by atoms with Crippen LogP contribution in [0.1, 0.15) is 24.9 Å². The number of aromatic nitrogens is 1.